The lowest BCUT2D eigenvalue weighted by Gasteiger charge is -2.33. The molecule has 35 heavy (non-hydrogen) atoms. The van der Waals surface area contributed by atoms with Crippen LogP contribution in [0.3, 0.4) is 0 Å². The van der Waals surface area contributed by atoms with Gasteiger partial charge in [0.1, 0.15) is 0 Å². The minimum atomic E-state index is -5.79. The number of rotatable bonds is 11. The van der Waals surface area contributed by atoms with Gasteiger partial charge in [0.25, 0.3) is 0 Å². The molecule has 1 N–H and O–H groups in total. The van der Waals surface area contributed by atoms with Gasteiger partial charge in [-0.15, -0.1) is 0 Å². The van der Waals surface area contributed by atoms with Crippen molar-refractivity contribution in [3.63, 3.8) is 0 Å². The topological polar surface area (TPSA) is 64.6 Å². The lowest BCUT2D eigenvalue weighted by molar-refractivity contribution is -0.345. The molecule has 0 aliphatic carbocycles. The number of hydrogen-bond donors (Lipinski definition) is 2. The molecule has 1 aromatic carbocycles. The quantitative estimate of drug-likeness (QED) is 0.0898. The van der Waals surface area contributed by atoms with Crippen molar-refractivity contribution in [1.82, 2.24) is 0 Å². The number of ether oxygens (including phenoxy) is 2. The third kappa shape index (κ3) is 8.02. The number of unbranched alkanes of at least 4 members (excludes halogenated alkanes) is 1. The smallest absolute Gasteiger partial charge is 0.412 e. The summed E-state index contributed by atoms with van der Waals surface area (Å²) in [4.78, 5) is 24.0. The van der Waals surface area contributed by atoms with Gasteiger partial charge in [-0.25, -0.2) is 4.79 Å². The summed E-state index contributed by atoms with van der Waals surface area (Å²) in [7, 11) is 0. The van der Waals surface area contributed by atoms with Crippen molar-refractivity contribution in [2.45, 2.75) is 48.6 Å². The number of carbonyl (C=O) groups excluding carboxylic acids is 2. The number of hydrogen-bond acceptors (Lipinski definition) is 5. The molecule has 5 nitrogen and oxygen atoms in total. The van der Waals surface area contributed by atoms with Gasteiger partial charge in [0, 0.05) is 18.2 Å². The SMILES string of the molecule is C=CC(=O)OC(OCCCCC(F)(F)C(F)(F)S)(C(=O)Nc1ccc(C(F)(F)F)cc1)C(F)(F)F. The number of anilines is 1. The number of alkyl halides is 10. The Morgan fingerprint density at radius 2 is 1.49 bits per heavy atom. The Hall–Kier alpha value is -2.49. The van der Waals surface area contributed by atoms with E-state index < -0.39 is 78.3 Å². The van der Waals surface area contributed by atoms with Gasteiger partial charge in [-0.05, 0) is 37.1 Å². The second-order valence-electron chi connectivity index (χ2n) is 6.82. The minimum absolute atomic E-state index is 0.241. The molecule has 0 saturated carbocycles. The van der Waals surface area contributed by atoms with Crippen LogP contribution in [0.25, 0.3) is 0 Å². The highest BCUT2D eigenvalue weighted by atomic mass is 32.1. The number of benzene rings is 1. The Morgan fingerprint density at radius 1 is 0.943 bits per heavy atom. The van der Waals surface area contributed by atoms with Crippen molar-refractivity contribution in [3.8, 4) is 0 Å². The Morgan fingerprint density at radius 3 is 1.91 bits per heavy atom. The summed E-state index contributed by atoms with van der Waals surface area (Å²) in [6.07, 6.45) is -13.4. The highest BCUT2D eigenvalue weighted by Gasteiger charge is 2.66. The van der Waals surface area contributed by atoms with Crippen molar-refractivity contribution < 1.29 is 63.0 Å². The zero-order chi connectivity index (χ0) is 27.3. The molecule has 0 spiro atoms. The van der Waals surface area contributed by atoms with Crippen LogP contribution in [0.1, 0.15) is 24.8 Å². The van der Waals surface area contributed by atoms with Gasteiger partial charge in [0.15, 0.2) is 0 Å². The van der Waals surface area contributed by atoms with Crippen LogP contribution >= 0.6 is 12.6 Å². The van der Waals surface area contributed by atoms with Crippen molar-refractivity contribution in [2.24, 2.45) is 0 Å². The van der Waals surface area contributed by atoms with Crippen molar-refractivity contribution in [2.75, 3.05) is 11.9 Å². The maximum absolute atomic E-state index is 13.8. The summed E-state index contributed by atoms with van der Waals surface area (Å²) in [6.45, 7) is 1.68. The molecule has 16 heteroatoms. The van der Waals surface area contributed by atoms with E-state index >= 15 is 0 Å². The Labute approximate surface area is 196 Å². The number of carbonyl (C=O) groups is 2. The summed E-state index contributed by atoms with van der Waals surface area (Å²) >= 11 is 2.44. The van der Waals surface area contributed by atoms with E-state index in [1.165, 1.54) is 0 Å². The van der Waals surface area contributed by atoms with Crippen LogP contribution in [0, 0.1) is 0 Å². The average molecular weight is 545 g/mol. The second-order valence-corrected chi connectivity index (χ2v) is 7.38. The van der Waals surface area contributed by atoms with E-state index in [9.17, 15) is 53.5 Å². The Balaban J connectivity index is 3.10. The van der Waals surface area contributed by atoms with Crippen LogP contribution in [0.15, 0.2) is 36.9 Å². The van der Waals surface area contributed by atoms with E-state index in [-0.39, 0.29) is 6.08 Å². The van der Waals surface area contributed by atoms with E-state index in [2.05, 4.69) is 28.7 Å². The Bertz CT molecular complexity index is 897. The van der Waals surface area contributed by atoms with Crippen LogP contribution in [0.4, 0.5) is 49.6 Å². The molecule has 1 atom stereocenters. The van der Waals surface area contributed by atoms with Gasteiger partial charge in [0.05, 0.1) is 12.2 Å². The van der Waals surface area contributed by atoms with E-state index in [4.69, 9.17) is 0 Å². The standard InChI is InChI=1S/C19H17F10NO4S/c1-2-13(31)34-16(18(25,26)27,33-10-4-3-9-15(20,21)19(28,29)35)14(32)30-12-7-5-11(6-8-12)17(22,23)24/h2,5-8,35H,1,3-4,9-10H2,(H,30,32). The molecular weight excluding hydrogens is 528 g/mol. The predicted molar refractivity (Wildman–Crippen MR) is 104 cm³/mol. The molecule has 0 aromatic heterocycles. The van der Waals surface area contributed by atoms with Crippen LogP contribution in [-0.2, 0) is 25.2 Å². The van der Waals surface area contributed by atoms with E-state index in [1.54, 1.807) is 5.32 Å². The lowest BCUT2D eigenvalue weighted by Crippen LogP contribution is -2.59. The second kappa shape index (κ2) is 11.1. The van der Waals surface area contributed by atoms with E-state index in [0.717, 1.165) is 0 Å². The predicted octanol–water partition coefficient (Wildman–Crippen LogP) is 5.98. The fourth-order valence-electron chi connectivity index (χ4n) is 2.36. The molecule has 0 aliphatic heterocycles. The summed E-state index contributed by atoms with van der Waals surface area (Å²) in [5, 5.41) is -3.11. The molecule has 1 amide bonds. The van der Waals surface area contributed by atoms with Gasteiger partial charge < -0.3 is 14.8 Å². The number of esters is 1. The lowest BCUT2D eigenvalue weighted by atomic mass is 10.1. The summed E-state index contributed by atoms with van der Waals surface area (Å²) < 4.78 is 140. The molecule has 0 fully saturated rings. The van der Waals surface area contributed by atoms with Crippen LogP contribution in [0.5, 0.6) is 0 Å². The summed E-state index contributed by atoms with van der Waals surface area (Å²) in [5.74, 6) is -13.0. The molecule has 0 heterocycles. The number of amides is 1. The van der Waals surface area contributed by atoms with Crippen molar-refractivity contribution in [3.05, 3.63) is 42.5 Å². The monoisotopic (exact) mass is 545 g/mol. The first-order chi connectivity index (χ1) is 15.8. The molecular formula is C19H17F10NO4S. The first kappa shape index (κ1) is 30.5. The van der Waals surface area contributed by atoms with Crippen LogP contribution < -0.4 is 5.32 Å². The number of thiol groups is 1. The van der Waals surface area contributed by atoms with Gasteiger partial charge >= 0.3 is 41.2 Å². The summed E-state index contributed by atoms with van der Waals surface area (Å²) in [6, 6.07) is 2.10. The van der Waals surface area contributed by atoms with Gasteiger partial charge in [-0.2, -0.15) is 43.9 Å². The highest BCUT2D eigenvalue weighted by Crippen LogP contribution is 2.41. The molecule has 1 unspecified atom stereocenters. The molecule has 0 saturated heterocycles. The first-order valence-corrected chi connectivity index (χ1v) is 9.74. The maximum atomic E-state index is 13.8. The molecule has 0 radical (unpaired) electrons. The minimum Gasteiger partial charge on any atom is -0.412 e. The van der Waals surface area contributed by atoms with E-state index in [1.807, 2.05) is 0 Å². The molecule has 0 bridgehead atoms. The Kier molecular flexibility index (Phi) is 9.65. The number of halogens is 10. The van der Waals surface area contributed by atoms with E-state index in [0.29, 0.717) is 24.3 Å². The largest absolute Gasteiger partial charge is 0.466 e. The van der Waals surface area contributed by atoms with Crippen LogP contribution in [0.2, 0.25) is 0 Å². The third-order valence-electron chi connectivity index (χ3n) is 4.18. The summed E-state index contributed by atoms with van der Waals surface area (Å²) in [5.41, 5.74) is -1.76. The molecule has 1 rings (SSSR count). The van der Waals surface area contributed by atoms with Gasteiger partial charge in [-0.1, -0.05) is 19.2 Å². The van der Waals surface area contributed by atoms with Crippen molar-refractivity contribution in [1.29, 1.82) is 0 Å². The van der Waals surface area contributed by atoms with Gasteiger partial charge in [0.2, 0.25) is 0 Å². The normalized spacial score (nSPS) is 14.7. The fraction of sp³-hybridized carbons (Fsp3) is 0.474. The molecule has 1 aromatic rings. The molecule has 198 valence electrons. The van der Waals surface area contributed by atoms with Gasteiger partial charge in [-0.3, -0.25) is 4.79 Å². The highest BCUT2D eigenvalue weighted by molar-refractivity contribution is 7.81. The molecule has 0 aliphatic rings. The van der Waals surface area contributed by atoms with Crippen LogP contribution in [-0.4, -0.2) is 41.6 Å². The fourth-order valence-corrected chi connectivity index (χ4v) is 2.48. The zero-order valence-electron chi connectivity index (χ0n) is 17.3. The first-order valence-electron chi connectivity index (χ1n) is 9.29. The zero-order valence-corrected chi connectivity index (χ0v) is 18.2. The number of nitrogens with one attached hydrogen (secondary N) is 1. The third-order valence-corrected chi connectivity index (χ3v) is 4.51. The average Bonchev–Trinajstić information content (AvgIpc) is 2.70. The maximum Gasteiger partial charge on any atom is 0.466 e. The van der Waals surface area contributed by atoms with Crippen molar-refractivity contribution >= 4 is 30.2 Å².